The fourth-order valence-corrected chi connectivity index (χ4v) is 5.38. The predicted octanol–water partition coefficient (Wildman–Crippen LogP) is 11.2. The van der Waals surface area contributed by atoms with Crippen molar-refractivity contribution >= 4 is 24.3 Å². The van der Waals surface area contributed by atoms with E-state index in [2.05, 4.69) is 178 Å². The molecular weight excluding hydrogens is 504 g/mol. The lowest BCUT2D eigenvalue weighted by Crippen LogP contribution is -2.09. The third-order valence-corrected chi connectivity index (χ3v) is 7.60. The van der Waals surface area contributed by atoms with Crippen molar-refractivity contribution in [1.82, 2.24) is 0 Å². The molecule has 42 heavy (non-hydrogen) atoms. The number of hydrogen-bond donors (Lipinski definition) is 0. The summed E-state index contributed by atoms with van der Waals surface area (Å²) in [6.07, 6.45) is 18.0. The molecule has 0 fully saturated rings. The van der Waals surface area contributed by atoms with Gasteiger partial charge in [0, 0.05) is 5.92 Å². The van der Waals surface area contributed by atoms with Crippen molar-refractivity contribution in [3.63, 3.8) is 0 Å². The van der Waals surface area contributed by atoms with Crippen LogP contribution in [0.15, 0.2) is 152 Å². The summed E-state index contributed by atoms with van der Waals surface area (Å²) < 4.78 is 0. The molecule has 0 aromatic heterocycles. The van der Waals surface area contributed by atoms with Gasteiger partial charge in [0.05, 0.1) is 0 Å². The molecule has 206 valence electrons. The summed E-state index contributed by atoms with van der Waals surface area (Å²) in [7, 11) is 0. The summed E-state index contributed by atoms with van der Waals surface area (Å²) >= 11 is 0. The van der Waals surface area contributed by atoms with E-state index in [-0.39, 0.29) is 5.92 Å². The summed E-state index contributed by atoms with van der Waals surface area (Å²) in [5.74, 6) is 0.174. The minimum absolute atomic E-state index is 0.174. The number of benzene rings is 5. The summed E-state index contributed by atoms with van der Waals surface area (Å²) in [6.45, 7) is 4.50. The third-order valence-electron chi connectivity index (χ3n) is 7.60. The monoisotopic (exact) mass is 542 g/mol. The second-order valence-corrected chi connectivity index (χ2v) is 10.5. The zero-order valence-corrected chi connectivity index (χ0v) is 24.5. The van der Waals surface area contributed by atoms with Gasteiger partial charge in [-0.05, 0) is 63.4 Å². The van der Waals surface area contributed by atoms with Crippen molar-refractivity contribution in [3.8, 4) is 0 Å². The maximum absolute atomic E-state index is 2.29. The van der Waals surface area contributed by atoms with Crippen LogP contribution in [0, 0.1) is 6.92 Å². The Kier molecular flexibility index (Phi) is 9.95. The smallest absolute Gasteiger partial charge is 0.0345 e. The van der Waals surface area contributed by atoms with Gasteiger partial charge in [-0.1, -0.05) is 183 Å². The lowest BCUT2D eigenvalue weighted by Gasteiger charge is -2.24. The topological polar surface area (TPSA) is 0 Å². The van der Waals surface area contributed by atoms with E-state index in [1.165, 1.54) is 50.1 Å². The minimum Gasteiger partial charge on any atom is -0.0622 e. The molecule has 5 rings (SSSR count). The normalized spacial score (nSPS) is 12.0. The molecule has 0 saturated carbocycles. The number of rotatable bonds is 10. The molecular formula is C42H38. The van der Waals surface area contributed by atoms with Crippen LogP contribution in [0.2, 0.25) is 0 Å². The van der Waals surface area contributed by atoms with Crippen molar-refractivity contribution in [3.05, 3.63) is 202 Å². The highest BCUT2D eigenvalue weighted by Gasteiger charge is 2.21. The van der Waals surface area contributed by atoms with Gasteiger partial charge in [-0.15, -0.1) is 0 Å². The average molecular weight is 543 g/mol. The maximum Gasteiger partial charge on any atom is 0.0345 e. The molecule has 0 aliphatic rings. The van der Waals surface area contributed by atoms with E-state index < -0.39 is 0 Å². The second-order valence-electron chi connectivity index (χ2n) is 10.5. The Balaban J connectivity index is 1.39. The van der Waals surface area contributed by atoms with Gasteiger partial charge in [0.25, 0.3) is 0 Å². The largest absolute Gasteiger partial charge is 0.0622 e. The van der Waals surface area contributed by atoms with E-state index in [9.17, 15) is 0 Å². The molecule has 0 aliphatic carbocycles. The van der Waals surface area contributed by atoms with E-state index in [0.717, 1.165) is 6.42 Å². The van der Waals surface area contributed by atoms with E-state index in [1.807, 2.05) is 12.1 Å². The van der Waals surface area contributed by atoms with Gasteiger partial charge < -0.3 is 0 Å². The Bertz CT molecular complexity index is 1560. The lowest BCUT2D eigenvalue weighted by atomic mass is 9.80. The van der Waals surface area contributed by atoms with Crippen LogP contribution in [0.3, 0.4) is 0 Å². The molecule has 0 nitrogen and oxygen atoms in total. The van der Waals surface area contributed by atoms with Gasteiger partial charge in [-0.25, -0.2) is 0 Å². The molecule has 5 aromatic carbocycles. The molecule has 0 amide bonds. The molecule has 0 aliphatic heterocycles. The first-order valence-corrected chi connectivity index (χ1v) is 14.8. The fraction of sp³-hybridized carbons (Fsp3) is 0.0952. The van der Waals surface area contributed by atoms with Gasteiger partial charge in [-0.3, -0.25) is 0 Å². The van der Waals surface area contributed by atoms with Gasteiger partial charge in [0.1, 0.15) is 0 Å². The van der Waals surface area contributed by atoms with Crippen molar-refractivity contribution in [2.24, 2.45) is 0 Å². The van der Waals surface area contributed by atoms with E-state index in [0.29, 0.717) is 0 Å². The quantitative estimate of drug-likeness (QED) is 0.122. The molecule has 0 heterocycles. The SMILES string of the molecule is CCc1cccc(C)c1C(c1ccc(/C=C/C=C/c2ccccc2)cc1)c1ccc(/C=C/C=C/c2ccccc2)cc1. The van der Waals surface area contributed by atoms with Crippen LogP contribution in [0.4, 0.5) is 0 Å². The Morgan fingerprint density at radius 3 is 1.26 bits per heavy atom. The molecule has 0 atom stereocenters. The van der Waals surface area contributed by atoms with Crippen molar-refractivity contribution in [2.75, 3.05) is 0 Å². The summed E-state index contributed by atoms with van der Waals surface area (Å²) in [6, 6.07) is 45.6. The second kappa shape index (κ2) is 14.6. The lowest BCUT2D eigenvalue weighted by molar-refractivity contribution is 0.924. The van der Waals surface area contributed by atoms with Crippen LogP contribution in [-0.4, -0.2) is 0 Å². The van der Waals surface area contributed by atoms with Gasteiger partial charge in [0.15, 0.2) is 0 Å². The summed E-state index contributed by atoms with van der Waals surface area (Å²) in [5.41, 5.74) is 11.6. The van der Waals surface area contributed by atoms with Crippen LogP contribution in [0.5, 0.6) is 0 Å². The fourth-order valence-electron chi connectivity index (χ4n) is 5.38. The number of allylic oxidation sites excluding steroid dienone is 4. The van der Waals surface area contributed by atoms with E-state index >= 15 is 0 Å². The van der Waals surface area contributed by atoms with Crippen LogP contribution in [0.1, 0.15) is 62.9 Å². The van der Waals surface area contributed by atoms with Gasteiger partial charge in [0.2, 0.25) is 0 Å². The van der Waals surface area contributed by atoms with Crippen LogP contribution >= 0.6 is 0 Å². The molecule has 5 aromatic rings. The van der Waals surface area contributed by atoms with Crippen LogP contribution in [0.25, 0.3) is 24.3 Å². The first kappa shape index (κ1) is 28.6. The Morgan fingerprint density at radius 1 is 0.452 bits per heavy atom. The molecule has 0 N–H and O–H groups in total. The van der Waals surface area contributed by atoms with Crippen LogP contribution in [-0.2, 0) is 6.42 Å². The van der Waals surface area contributed by atoms with Gasteiger partial charge >= 0.3 is 0 Å². The first-order chi connectivity index (χ1) is 20.7. The molecule has 0 heteroatoms. The Labute approximate surface area is 251 Å². The summed E-state index contributed by atoms with van der Waals surface area (Å²) in [5, 5.41) is 0. The zero-order valence-electron chi connectivity index (χ0n) is 24.5. The highest BCUT2D eigenvalue weighted by atomic mass is 14.2. The van der Waals surface area contributed by atoms with Crippen molar-refractivity contribution in [2.45, 2.75) is 26.2 Å². The molecule has 0 spiro atoms. The Morgan fingerprint density at radius 2 is 0.857 bits per heavy atom. The molecule has 0 bridgehead atoms. The first-order valence-electron chi connectivity index (χ1n) is 14.8. The Hall–Kier alpha value is -4.94. The molecule has 0 saturated heterocycles. The van der Waals surface area contributed by atoms with Crippen molar-refractivity contribution < 1.29 is 0 Å². The maximum atomic E-state index is 2.29. The average Bonchev–Trinajstić information content (AvgIpc) is 3.04. The predicted molar refractivity (Wildman–Crippen MR) is 183 cm³/mol. The van der Waals surface area contributed by atoms with E-state index in [1.54, 1.807) is 0 Å². The third kappa shape index (κ3) is 7.62. The minimum atomic E-state index is 0.174. The molecule has 0 unspecified atom stereocenters. The van der Waals surface area contributed by atoms with E-state index in [4.69, 9.17) is 0 Å². The van der Waals surface area contributed by atoms with Crippen LogP contribution < -0.4 is 0 Å². The highest BCUT2D eigenvalue weighted by molar-refractivity contribution is 5.60. The number of aryl methyl sites for hydroxylation is 2. The standard InChI is InChI=1S/C42H38/c1-3-38-24-14-15-33(2)41(38)42(39-29-25-36(26-30-39)22-12-10-20-34-16-6-4-7-17-34)40-31-27-37(28-32-40)23-13-11-21-35-18-8-5-9-19-35/h4-32,42H,3H2,1-2H3/b20-10+,21-11+,22-12+,23-13+. The zero-order chi connectivity index (χ0) is 29.0. The molecule has 0 radical (unpaired) electrons. The number of hydrogen-bond acceptors (Lipinski definition) is 0. The van der Waals surface area contributed by atoms with Gasteiger partial charge in [-0.2, -0.15) is 0 Å². The van der Waals surface area contributed by atoms with Crippen molar-refractivity contribution in [1.29, 1.82) is 0 Å². The highest BCUT2D eigenvalue weighted by Crippen LogP contribution is 2.36. The summed E-state index contributed by atoms with van der Waals surface area (Å²) in [4.78, 5) is 0.